The minimum Gasteiger partial charge on any atom is -0.363 e. The molecule has 31 heavy (non-hydrogen) atoms. The first-order valence-electron chi connectivity index (χ1n) is 10.3. The summed E-state index contributed by atoms with van der Waals surface area (Å²) in [6, 6.07) is 2.21. The Morgan fingerprint density at radius 3 is 2.23 bits per heavy atom. The number of primary amides is 1. The standard InChI is InChI=1S/C22H25ClFN3O4/c23-15-7-5-14(16(24)11-15)6-8-19(28)26-18(10-13-3-4-13)22(31)27-17(9-12-1-2-12)20(29)21(25)30/h5-8,11-13,17-18H,1-4,9-10H2,(H2,25,30)(H,26,28)(H,27,31)/b8-6+/t17?,18-/m0/s1. The molecule has 2 aliphatic carbocycles. The molecule has 0 aliphatic heterocycles. The van der Waals surface area contributed by atoms with Crippen LogP contribution in [0.25, 0.3) is 6.08 Å². The van der Waals surface area contributed by atoms with Crippen molar-refractivity contribution in [2.45, 2.75) is 50.6 Å². The fraction of sp³-hybridized carbons (Fsp3) is 0.455. The highest BCUT2D eigenvalue weighted by Crippen LogP contribution is 2.35. The maximum atomic E-state index is 13.9. The van der Waals surface area contributed by atoms with E-state index in [1.54, 1.807) is 0 Å². The third-order valence-electron chi connectivity index (χ3n) is 5.42. The van der Waals surface area contributed by atoms with Gasteiger partial charge in [-0.15, -0.1) is 0 Å². The lowest BCUT2D eigenvalue weighted by molar-refractivity contribution is -0.139. The summed E-state index contributed by atoms with van der Waals surface area (Å²) in [5, 5.41) is 5.45. The zero-order valence-electron chi connectivity index (χ0n) is 16.9. The zero-order valence-corrected chi connectivity index (χ0v) is 17.7. The number of carbonyl (C=O) groups is 4. The van der Waals surface area contributed by atoms with Crippen LogP contribution in [-0.2, 0) is 19.2 Å². The van der Waals surface area contributed by atoms with Crippen LogP contribution < -0.4 is 16.4 Å². The highest BCUT2D eigenvalue weighted by Gasteiger charge is 2.35. The number of amides is 3. The highest BCUT2D eigenvalue weighted by molar-refractivity contribution is 6.37. The van der Waals surface area contributed by atoms with E-state index in [2.05, 4.69) is 10.6 Å². The van der Waals surface area contributed by atoms with E-state index >= 15 is 0 Å². The van der Waals surface area contributed by atoms with Crippen LogP contribution in [0.15, 0.2) is 24.3 Å². The average molecular weight is 450 g/mol. The van der Waals surface area contributed by atoms with E-state index < -0.39 is 41.4 Å². The molecule has 1 aromatic rings. The molecule has 0 bridgehead atoms. The molecule has 0 heterocycles. The summed E-state index contributed by atoms with van der Waals surface area (Å²) in [4.78, 5) is 48.6. The molecule has 2 saturated carbocycles. The summed E-state index contributed by atoms with van der Waals surface area (Å²) in [5.74, 6) is -3.03. The lowest BCUT2D eigenvalue weighted by Crippen LogP contribution is -2.53. The molecule has 0 radical (unpaired) electrons. The normalized spacial score (nSPS) is 17.7. The first kappa shape index (κ1) is 22.9. The number of nitrogens with one attached hydrogen (secondary N) is 2. The van der Waals surface area contributed by atoms with Crippen molar-refractivity contribution in [2.24, 2.45) is 17.6 Å². The van der Waals surface area contributed by atoms with Crippen LogP contribution in [0.4, 0.5) is 4.39 Å². The van der Waals surface area contributed by atoms with E-state index in [4.69, 9.17) is 17.3 Å². The Balaban J connectivity index is 1.64. The van der Waals surface area contributed by atoms with Crippen molar-refractivity contribution in [1.29, 1.82) is 0 Å². The first-order valence-corrected chi connectivity index (χ1v) is 10.7. The van der Waals surface area contributed by atoms with Gasteiger partial charge in [-0.3, -0.25) is 19.2 Å². The number of rotatable bonds is 11. The van der Waals surface area contributed by atoms with E-state index in [9.17, 15) is 23.6 Å². The summed E-state index contributed by atoms with van der Waals surface area (Å²) >= 11 is 5.72. The van der Waals surface area contributed by atoms with Gasteiger partial charge >= 0.3 is 0 Å². The van der Waals surface area contributed by atoms with Gasteiger partial charge in [0.1, 0.15) is 11.9 Å². The number of carbonyl (C=O) groups excluding carboxylic acids is 4. The molecule has 2 aliphatic rings. The number of hydrogen-bond donors (Lipinski definition) is 3. The molecule has 166 valence electrons. The molecular formula is C22H25ClFN3O4. The summed E-state index contributed by atoms with van der Waals surface area (Å²) in [6.45, 7) is 0. The fourth-order valence-corrected chi connectivity index (χ4v) is 3.46. The molecule has 2 fully saturated rings. The second kappa shape index (κ2) is 10.0. The van der Waals surface area contributed by atoms with Gasteiger partial charge in [-0.1, -0.05) is 43.4 Å². The SMILES string of the molecule is NC(=O)C(=O)C(CC1CC1)NC(=O)[C@H](CC1CC1)NC(=O)/C=C/c1ccc(Cl)cc1F. The largest absolute Gasteiger partial charge is 0.363 e. The monoisotopic (exact) mass is 449 g/mol. The van der Waals surface area contributed by atoms with Crippen LogP contribution in [0.3, 0.4) is 0 Å². The Bertz CT molecular complexity index is 912. The topological polar surface area (TPSA) is 118 Å². The van der Waals surface area contributed by atoms with Crippen molar-refractivity contribution in [3.63, 3.8) is 0 Å². The minimum atomic E-state index is -1.10. The van der Waals surface area contributed by atoms with Gasteiger partial charge in [0, 0.05) is 16.7 Å². The van der Waals surface area contributed by atoms with Gasteiger partial charge in [0.2, 0.25) is 17.6 Å². The van der Waals surface area contributed by atoms with Gasteiger partial charge in [-0.2, -0.15) is 0 Å². The summed E-state index contributed by atoms with van der Waals surface area (Å²) < 4.78 is 13.9. The van der Waals surface area contributed by atoms with Gasteiger partial charge in [0.25, 0.3) is 5.91 Å². The van der Waals surface area contributed by atoms with Crippen LogP contribution in [0.1, 0.15) is 44.1 Å². The van der Waals surface area contributed by atoms with Crippen LogP contribution >= 0.6 is 11.6 Å². The molecule has 9 heteroatoms. The Morgan fingerprint density at radius 2 is 1.68 bits per heavy atom. The molecule has 3 rings (SSSR count). The number of benzene rings is 1. The van der Waals surface area contributed by atoms with Crippen LogP contribution in [0.5, 0.6) is 0 Å². The number of hydrogen-bond acceptors (Lipinski definition) is 4. The molecule has 0 aromatic heterocycles. The third kappa shape index (κ3) is 7.17. The molecule has 0 saturated heterocycles. The second-order valence-electron chi connectivity index (χ2n) is 8.21. The smallest absolute Gasteiger partial charge is 0.287 e. The van der Waals surface area contributed by atoms with Crippen LogP contribution in [0.2, 0.25) is 5.02 Å². The molecule has 2 atom stereocenters. The predicted octanol–water partition coefficient (Wildman–Crippen LogP) is 2.12. The van der Waals surface area contributed by atoms with Crippen molar-refractivity contribution >= 4 is 41.2 Å². The molecular weight excluding hydrogens is 425 g/mol. The van der Waals surface area contributed by atoms with E-state index in [-0.39, 0.29) is 16.5 Å². The number of nitrogens with two attached hydrogens (primary N) is 1. The summed E-state index contributed by atoms with van der Waals surface area (Å²) in [7, 11) is 0. The van der Waals surface area contributed by atoms with Crippen LogP contribution in [-0.4, -0.2) is 35.6 Å². The van der Waals surface area contributed by atoms with Crippen molar-refractivity contribution in [1.82, 2.24) is 10.6 Å². The van der Waals surface area contributed by atoms with Gasteiger partial charge in [-0.25, -0.2) is 4.39 Å². The molecule has 3 amide bonds. The summed E-state index contributed by atoms with van der Waals surface area (Å²) in [6.07, 6.45) is 6.98. The average Bonchev–Trinajstić information content (AvgIpc) is 3.61. The molecule has 1 unspecified atom stereocenters. The van der Waals surface area contributed by atoms with Crippen molar-refractivity contribution in [3.05, 3.63) is 40.7 Å². The van der Waals surface area contributed by atoms with E-state index in [0.717, 1.165) is 37.8 Å². The molecule has 4 N–H and O–H groups in total. The predicted molar refractivity (Wildman–Crippen MR) is 113 cm³/mol. The number of halogens is 2. The van der Waals surface area contributed by atoms with Gasteiger partial charge in [-0.05, 0) is 42.9 Å². The maximum absolute atomic E-state index is 13.9. The highest BCUT2D eigenvalue weighted by atomic mass is 35.5. The molecule has 1 aromatic carbocycles. The maximum Gasteiger partial charge on any atom is 0.287 e. The van der Waals surface area contributed by atoms with E-state index in [1.807, 2.05) is 0 Å². The van der Waals surface area contributed by atoms with Crippen molar-refractivity contribution in [3.8, 4) is 0 Å². The minimum absolute atomic E-state index is 0.180. The van der Waals surface area contributed by atoms with Crippen LogP contribution in [0, 0.1) is 17.7 Å². The van der Waals surface area contributed by atoms with Crippen molar-refractivity contribution < 1.29 is 23.6 Å². The Morgan fingerprint density at radius 1 is 1.06 bits per heavy atom. The van der Waals surface area contributed by atoms with Gasteiger partial charge < -0.3 is 16.4 Å². The van der Waals surface area contributed by atoms with Crippen molar-refractivity contribution in [2.75, 3.05) is 0 Å². The quantitative estimate of drug-likeness (QED) is 0.354. The Kier molecular flexibility index (Phi) is 7.43. The third-order valence-corrected chi connectivity index (χ3v) is 5.65. The molecule has 7 nitrogen and oxygen atoms in total. The van der Waals surface area contributed by atoms with E-state index in [0.29, 0.717) is 18.8 Å². The number of ketones is 1. The van der Waals surface area contributed by atoms with Gasteiger partial charge in [0.05, 0.1) is 6.04 Å². The molecule has 0 spiro atoms. The lowest BCUT2D eigenvalue weighted by Gasteiger charge is -2.22. The summed E-state index contributed by atoms with van der Waals surface area (Å²) in [5.41, 5.74) is 5.29. The Hall–Kier alpha value is -2.74. The second-order valence-corrected chi connectivity index (χ2v) is 8.64. The first-order chi connectivity index (χ1) is 14.7. The Labute approximate surface area is 184 Å². The lowest BCUT2D eigenvalue weighted by atomic mass is 10.0. The zero-order chi connectivity index (χ0) is 22.5. The van der Waals surface area contributed by atoms with Gasteiger partial charge in [0.15, 0.2) is 0 Å². The fourth-order valence-electron chi connectivity index (χ4n) is 3.30. The number of Topliss-reactive ketones (excluding diaryl/α,β-unsaturated/α-hetero) is 1. The van der Waals surface area contributed by atoms with E-state index in [1.165, 1.54) is 18.2 Å².